The van der Waals surface area contributed by atoms with E-state index in [1.807, 2.05) is 11.9 Å². The number of carbonyl (C=O) groups excluding carboxylic acids is 1. The second kappa shape index (κ2) is 7.12. The summed E-state index contributed by atoms with van der Waals surface area (Å²) < 4.78 is 0. The molecule has 2 aliphatic rings. The Hall–Kier alpha value is -2.14. The number of benzene rings is 1. The highest BCUT2D eigenvalue weighted by Crippen LogP contribution is 2.35. The maximum atomic E-state index is 13.5. The molecule has 0 unspecified atom stereocenters. The van der Waals surface area contributed by atoms with Gasteiger partial charge in [0.2, 0.25) is 5.91 Å². The van der Waals surface area contributed by atoms with Crippen LogP contribution < -0.4 is 0 Å². The Morgan fingerprint density at radius 3 is 2.52 bits per heavy atom. The molecule has 27 heavy (non-hydrogen) atoms. The molecule has 0 radical (unpaired) electrons. The average Bonchev–Trinajstić information content (AvgIpc) is 3.36. The van der Waals surface area contributed by atoms with Gasteiger partial charge >= 0.3 is 0 Å². The number of imidazole rings is 1. The number of likely N-dealkylation sites (tertiary alicyclic amines) is 1. The van der Waals surface area contributed by atoms with Gasteiger partial charge in [-0.3, -0.25) is 4.79 Å². The average molecular weight is 367 g/mol. The number of rotatable bonds is 4. The molecule has 1 fully saturated rings. The molecule has 4 rings (SSSR count). The largest absolute Gasteiger partial charge is 0.346 e. The lowest BCUT2D eigenvalue weighted by Gasteiger charge is -2.29. The molecule has 0 saturated carbocycles. The van der Waals surface area contributed by atoms with Gasteiger partial charge in [-0.25, -0.2) is 4.98 Å². The fraction of sp³-hybridized carbons (Fsp3) is 0.545. The van der Waals surface area contributed by atoms with Crippen LogP contribution in [-0.2, 0) is 24.1 Å². The first kappa shape index (κ1) is 18.2. The van der Waals surface area contributed by atoms with Crippen LogP contribution in [0, 0.1) is 12.8 Å². The Bertz CT molecular complexity index is 818. The molecule has 1 aliphatic heterocycles. The highest BCUT2D eigenvalue weighted by molar-refractivity contribution is 5.81. The van der Waals surface area contributed by atoms with Crippen molar-refractivity contribution in [1.29, 1.82) is 0 Å². The van der Waals surface area contributed by atoms with Crippen molar-refractivity contribution in [2.75, 3.05) is 27.2 Å². The maximum Gasteiger partial charge on any atom is 0.227 e. The Labute approximate surface area is 161 Å². The molecule has 1 aliphatic carbocycles. The number of amides is 1. The van der Waals surface area contributed by atoms with Crippen molar-refractivity contribution >= 4 is 5.91 Å². The van der Waals surface area contributed by atoms with Gasteiger partial charge in [-0.2, -0.15) is 0 Å². The van der Waals surface area contributed by atoms with Crippen molar-refractivity contribution in [1.82, 2.24) is 19.8 Å². The Morgan fingerprint density at radius 1 is 1.26 bits per heavy atom. The lowest BCUT2D eigenvalue weighted by Crippen LogP contribution is -2.43. The molecular weight excluding hydrogens is 336 g/mol. The topological polar surface area (TPSA) is 52.2 Å². The summed E-state index contributed by atoms with van der Waals surface area (Å²) in [6.07, 6.45) is 2.82. The summed E-state index contributed by atoms with van der Waals surface area (Å²) in [5.74, 6) is 1.44. The standard InChI is InChI=1S/C22H30N4O/c1-5-20-23-14(2)21(24-20)18-12-25(3)13-19(18)22(27)26(4)17-10-15-8-6-7-9-16(15)11-17/h6-9,17-19H,5,10-13H2,1-4H3,(H,23,24)/t18-,19-/m0/s1. The van der Waals surface area contributed by atoms with Gasteiger partial charge in [0.25, 0.3) is 0 Å². The second-order valence-electron chi connectivity index (χ2n) is 8.26. The van der Waals surface area contributed by atoms with Crippen molar-refractivity contribution in [3.8, 4) is 0 Å². The van der Waals surface area contributed by atoms with Gasteiger partial charge < -0.3 is 14.8 Å². The van der Waals surface area contributed by atoms with Crippen LogP contribution in [0.4, 0.5) is 0 Å². The number of likely N-dealkylation sites (N-methyl/N-ethyl adjacent to an activating group) is 2. The van der Waals surface area contributed by atoms with Gasteiger partial charge in [-0.05, 0) is 37.9 Å². The minimum absolute atomic E-state index is 0.0181. The van der Waals surface area contributed by atoms with E-state index in [1.54, 1.807) is 0 Å². The molecule has 2 atom stereocenters. The van der Waals surface area contributed by atoms with E-state index in [4.69, 9.17) is 4.98 Å². The molecule has 5 heteroatoms. The summed E-state index contributed by atoms with van der Waals surface area (Å²) in [6, 6.07) is 8.85. The number of nitrogens with zero attached hydrogens (tertiary/aromatic N) is 3. The van der Waals surface area contributed by atoms with E-state index in [0.717, 1.165) is 49.6 Å². The number of H-pyrrole nitrogens is 1. The van der Waals surface area contributed by atoms with Crippen LogP contribution in [0.15, 0.2) is 24.3 Å². The lowest BCUT2D eigenvalue weighted by atomic mass is 9.90. The third-order valence-electron chi connectivity index (χ3n) is 6.40. The van der Waals surface area contributed by atoms with Crippen LogP contribution in [0.3, 0.4) is 0 Å². The molecule has 5 nitrogen and oxygen atoms in total. The van der Waals surface area contributed by atoms with Crippen LogP contribution in [0.5, 0.6) is 0 Å². The lowest BCUT2D eigenvalue weighted by molar-refractivity contribution is -0.136. The first-order chi connectivity index (χ1) is 13.0. The predicted molar refractivity (Wildman–Crippen MR) is 107 cm³/mol. The molecule has 1 amide bonds. The number of aromatic nitrogens is 2. The van der Waals surface area contributed by atoms with Crippen LogP contribution in [0.25, 0.3) is 0 Å². The van der Waals surface area contributed by atoms with Crippen molar-refractivity contribution in [2.45, 2.75) is 45.1 Å². The van der Waals surface area contributed by atoms with Gasteiger partial charge in [0.15, 0.2) is 0 Å². The zero-order valence-electron chi connectivity index (χ0n) is 16.8. The summed E-state index contributed by atoms with van der Waals surface area (Å²) in [4.78, 5) is 25.9. The number of nitrogens with one attached hydrogen (secondary N) is 1. The molecule has 0 bridgehead atoms. The van der Waals surface area contributed by atoms with Crippen molar-refractivity contribution in [2.24, 2.45) is 5.92 Å². The summed E-state index contributed by atoms with van der Waals surface area (Å²) in [7, 11) is 4.09. The minimum Gasteiger partial charge on any atom is -0.346 e. The van der Waals surface area contributed by atoms with Crippen LogP contribution in [-0.4, -0.2) is 58.9 Å². The molecular formula is C22H30N4O. The third-order valence-corrected chi connectivity index (χ3v) is 6.40. The van der Waals surface area contributed by atoms with E-state index in [0.29, 0.717) is 0 Å². The van der Waals surface area contributed by atoms with Gasteiger partial charge in [0.05, 0.1) is 11.6 Å². The number of hydrogen-bond acceptors (Lipinski definition) is 3. The fourth-order valence-electron chi connectivity index (χ4n) is 4.84. The second-order valence-corrected chi connectivity index (χ2v) is 8.26. The van der Waals surface area contributed by atoms with E-state index in [1.165, 1.54) is 11.1 Å². The van der Waals surface area contributed by atoms with Gasteiger partial charge in [-0.1, -0.05) is 31.2 Å². The molecule has 1 aromatic heterocycles. The summed E-state index contributed by atoms with van der Waals surface area (Å²) in [5.41, 5.74) is 4.97. The quantitative estimate of drug-likeness (QED) is 0.905. The normalized spacial score (nSPS) is 23.0. The number of carbonyl (C=O) groups is 1. The van der Waals surface area contributed by atoms with Crippen molar-refractivity contribution in [3.05, 3.63) is 52.6 Å². The van der Waals surface area contributed by atoms with Gasteiger partial charge in [0, 0.05) is 44.2 Å². The monoisotopic (exact) mass is 366 g/mol. The molecule has 1 N–H and O–H groups in total. The number of aromatic amines is 1. The molecule has 2 heterocycles. The Balaban J connectivity index is 1.54. The van der Waals surface area contributed by atoms with E-state index in [2.05, 4.69) is 55.0 Å². The molecule has 1 aromatic carbocycles. The van der Waals surface area contributed by atoms with E-state index in [-0.39, 0.29) is 23.8 Å². The van der Waals surface area contributed by atoms with E-state index < -0.39 is 0 Å². The van der Waals surface area contributed by atoms with Gasteiger partial charge in [-0.15, -0.1) is 0 Å². The SMILES string of the molecule is CCc1nc([C@H]2CN(C)C[C@@H]2C(=O)N(C)C2Cc3ccccc3C2)c(C)[nH]1. The Kier molecular flexibility index (Phi) is 4.81. The first-order valence-corrected chi connectivity index (χ1v) is 10.0. The van der Waals surface area contributed by atoms with E-state index >= 15 is 0 Å². The first-order valence-electron chi connectivity index (χ1n) is 10.0. The van der Waals surface area contributed by atoms with Crippen molar-refractivity contribution in [3.63, 3.8) is 0 Å². The minimum atomic E-state index is -0.0181. The van der Waals surface area contributed by atoms with Crippen LogP contribution in [0.2, 0.25) is 0 Å². The van der Waals surface area contributed by atoms with E-state index in [9.17, 15) is 4.79 Å². The number of hydrogen-bond donors (Lipinski definition) is 1. The van der Waals surface area contributed by atoms with Crippen LogP contribution in [0.1, 0.15) is 41.2 Å². The van der Waals surface area contributed by atoms with Crippen molar-refractivity contribution < 1.29 is 4.79 Å². The smallest absolute Gasteiger partial charge is 0.227 e. The number of aryl methyl sites for hydroxylation is 2. The molecule has 1 saturated heterocycles. The highest BCUT2D eigenvalue weighted by atomic mass is 16.2. The highest BCUT2D eigenvalue weighted by Gasteiger charge is 2.42. The summed E-state index contributed by atoms with van der Waals surface area (Å²) in [5, 5.41) is 0. The third kappa shape index (κ3) is 3.29. The zero-order chi connectivity index (χ0) is 19.1. The molecule has 144 valence electrons. The maximum absolute atomic E-state index is 13.5. The summed E-state index contributed by atoms with van der Waals surface area (Å²) in [6.45, 7) is 5.89. The van der Waals surface area contributed by atoms with Crippen LogP contribution >= 0.6 is 0 Å². The Morgan fingerprint density at radius 2 is 1.93 bits per heavy atom. The zero-order valence-corrected chi connectivity index (χ0v) is 16.8. The number of fused-ring (bicyclic) bond motifs is 1. The summed E-state index contributed by atoms with van der Waals surface area (Å²) >= 11 is 0. The molecule has 0 spiro atoms. The van der Waals surface area contributed by atoms with Gasteiger partial charge in [0.1, 0.15) is 5.82 Å². The molecule has 2 aromatic rings. The predicted octanol–water partition coefficient (Wildman–Crippen LogP) is 2.55. The fourth-order valence-corrected chi connectivity index (χ4v) is 4.84.